The van der Waals surface area contributed by atoms with Crippen LogP contribution in [0.25, 0.3) is 5.76 Å². The van der Waals surface area contributed by atoms with E-state index in [0.29, 0.717) is 24.8 Å². The summed E-state index contributed by atoms with van der Waals surface area (Å²) in [5, 5.41) is 21.6. The van der Waals surface area contributed by atoms with Gasteiger partial charge in [0.2, 0.25) is 0 Å². The number of Topliss-reactive ketones (excluding diaryl/α,β-unsaturated/α-hetero) is 3. The maximum atomic E-state index is 13.5. The normalized spacial score (nSPS) is 25.3. The summed E-state index contributed by atoms with van der Waals surface area (Å²) in [7, 11) is 0. The number of phenolic OH excluding ortho intramolecular Hbond substituents is 1. The number of fused-ring (bicyclic) bond motifs is 3. The zero-order valence-electron chi connectivity index (χ0n) is 18.5. The Hall–Kier alpha value is -2.69. The number of hydrogen-bond acceptors (Lipinski definition) is 5. The summed E-state index contributed by atoms with van der Waals surface area (Å²) in [4.78, 5) is 38.5. The van der Waals surface area contributed by atoms with Crippen molar-refractivity contribution in [2.45, 2.75) is 65.7 Å². The second kappa shape index (κ2) is 8.10. The van der Waals surface area contributed by atoms with E-state index in [4.69, 9.17) is 0 Å². The number of aryl methyl sites for hydroxylation is 1. The first kappa shape index (κ1) is 21.5. The molecule has 1 fully saturated rings. The molecule has 3 atom stereocenters. The fraction of sp³-hybridized carbons (Fsp3) is 0.500. The van der Waals surface area contributed by atoms with E-state index in [9.17, 15) is 24.6 Å². The summed E-state index contributed by atoms with van der Waals surface area (Å²) >= 11 is 0. The zero-order valence-corrected chi connectivity index (χ0v) is 18.5. The molecule has 3 aliphatic rings. The SMILES string of the molecule is CCCCCc1ccc(O)c2c1C[C@H]1C[C@H]3CC(C)=C(C(C)=O)C(=O)[C@H]3C(=O)C1=C2O. The maximum Gasteiger partial charge on any atom is 0.177 e. The summed E-state index contributed by atoms with van der Waals surface area (Å²) in [6, 6.07) is 3.50. The van der Waals surface area contributed by atoms with Gasteiger partial charge in [0, 0.05) is 5.57 Å². The van der Waals surface area contributed by atoms with Crippen LogP contribution in [0, 0.1) is 17.8 Å². The van der Waals surface area contributed by atoms with E-state index in [1.807, 2.05) is 6.07 Å². The van der Waals surface area contributed by atoms with Crippen LogP contribution in [0.5, 0.6) is 5.75 Å². The molecule has 0 amide bonds. The van der Waals surface area contributed by atoms with Crippen LogP contribution in [-0.2, 0) is 27.2 Å². The van der Waals surface area contributed by atoms with Gasteiger partial charge in [-0.25, -0.2) is 0 Å². The van der Waals surface area contributed by atoms with Gasteiger partial charge in [-0.15, -0.1) is 0 Å². The van der Waals surface area contributed by atoms with Gasteiger partial charge >= 0.3 is 0 Å². The van der Waals surface area contributed by atoms with Crippen LogP contribution >= 0.6 is 0 Å². The highest BCUT2D eigenvalue weighted by molar-refractivity contribution is 6.28. The minimum atomic E-state index is -0.910. The molecule has 0 aliphatic heterocycles. The Bertz CT molecular complexity index is 1040. The van der Waals surface area contributed by atoms with Crippen molar-refractivity contribution in [1.82, 2.24) is 0 Å². The number of phenols is 1. The van der Waals surface area contributed by atoms with Gasteiger partial charge in [-0.3, -0.25) is 14.4 Å². The molecule has 164 valence electrons. The van der Waals surface area contributed by atoms with E-state index >= 15 is 0 Å². The highest BCUT2D eigenvalue weighted by Gasteiger charge is 2.50. The number of benzene rings is 1. The number of allylic oxidation sites excluding steroid dienone is 3. The third-order valence-corrected chi connectivity index (χ3v) is 7.27. The minimum Gasteiger partial charge on any atom is -0.507 e. The summed E-state index contributed by atoms with van der Waals surface area (Å²) < 4.78 is 0. The van der Waals surface area contributed by atoms with Gasteiger partial charge in [-0.2, -0.15) is 0 Å². The van der Waals surface area contributed by atoms with E-state index in [1.165, 1.54) is 6.92 Å². The Kier molecular flexibility index (Phi) is 5.63. The topological polar surface area (TPSA) is 91.7 Å². The van der Waals surface area contributed by atoms with Crippen molar-refractivity contribution in [2.75, 3.05) is 0 Å². The molecule has 0 heterocycles. The first-order valence-corrected chi connectivity index (χ1v) is 11.3. The minimum absolute atomic E-state index is 0.0391. The quantitative estimate of drug-likeness (QED) is 0.409. The van der Waals surface area contributed by atoms with E-state index in [-0.39, 0.29) is 46.1 Å². The number of hydrogen-bond donors (Lipinski definition) is 2. The average molecular weight is 423 g/mol. The van der Waals surface area contributed by atoms with Gasteiger partial charge in [0.1, 0.15) is 11.5 Å². The Morgan fingerprint density at radius 3 is 2.52 bits per heavy atom. The van der Waals surface area contributed by atoms with E-state index < -0.39 is 11.7 Å². The number of ketones is 3. The number of unbranched alkanes of at least 4 members (excludes halogenated alkanes) is 2. The lowest BCUT2D eigenvalue weighted by atomic mass is 9.60. The Balaban J connectivity index is 1.77. The van der Waals surface area contributed by atoms with E-state index in [0.717, 1.165) is 42.4 Å². The predicted octanol–water partition coefficient (Wildman–Crippen LogP) is 4.65. The second-order valence-electron chi connectivity index (χ2n) is 9.34. The fourth-order valence-electron chi connectivity index (χ4n) is 5.92. The zero-order chi connectivity index (χ0) is 22.4. The van der Waals surface area contributed by atoms with Gasteiger partial charge in [0.15, 0.2) is 17.3 Å². The maximum absolute atomic E-state index is 13.5. The molecule has 5 heteroatoms. The van der Waals surface area contributed by atoms with Crippen molar-refractivity contribution in [3.05, 3.63) is 45.5 Å². The van der Waals surface area contributed by atoms with Crippen molar-refractivity contribution in [3.63, 3.8) is 0 Å². The molecule has 3 aliphatic carbocycles. The molecule has 1 aromatic carbocycles. The number of carbonyl (C=O) groups excluding carboxylic acids is 3. The largest absolute Gasteiger partial charge is 0.507 e. The lowest BCUT2D eigenvalue weighted by molar-refractivity contribution is -0.134. The van der Waals surface area contributed by atoms with E-state index in [2.05, 4.69) is 6.92 Å². The average Bonchev–Trinajstić information content (AvgIpc) is 2.68. The first-order valence-electron chi connectivity index (χ1n) is 11.3. The molecule has 1 aromatic rings. The van der Waals surface area contributed by atoms with Gasteiger partial charge in [0.05, 0.1) is 17.1 Å². The summed E-state index contributed by atoms with van der Waals surface area (Å²) in [6.45, 7) is 5.31. The molecule has 4 rings (SSSR count). The molecule has 5 nitrogen and oxygen atoms in total. The third kappa shape index (κ3) is 3.44. The van der Waals surface area contributed by atoms with Crippen molar-refractivity contribution >= 4 is 23.1 Å². The van der Waals surface area contributed by atoms with Crippen molar-refractivity contribution in [2.24, 2.45) is 17.8 Å². The molecule has 1 saturated carbocycles. The number of carbonyl (C=O) groups is 3. The third-order valence-electron chi connectivity index (χ3n) is 7.27. The predicted molar refractivity (Wildman–Crippen MR) is 118 cm³/mol. The van der Waals surface area contributed by atoms with Gasteiger partial charge < -0.3 is 10.2 Å². The molecule has 0 saturated heterocycles. The lowest BCUT2D eigenvalue weighted by Gasteiger charge is -2.41. The summed E-state index contributed by atoms with van der Waals surface area (Å²) in [5.41, 5.74) is 3.53. The second-order valence-corrected chi connectivity index (χ2v) is 9.34. The van der Waals surface area contributed by atoms with Gasteiger partial charge in [-0.1, -0.05) is 31.4 Å². The Morgan fingerprint density at radius 1 is 1.10 bits per heavy atom. The number of aromatic hydroxyl groups is 1. The highest BCUT2D eigenvalue weighted by atomic mass is 16.3. The van der Waals surface area contributed by atoms with Crippen molar-refractivity contribution < 1.29 is 24.6 Å². The van der Waals surface area contributed by atoms with Crippen LogP contribution in [0.4, 0.5) is 0 Å². The van der Waals surface area contributed by atoms with Crippen LogP contribution in [-0.4, -0.2) is 27.6 Å². The molecule has 2 N–H and O–H groups in total. The van der Waals surface area contributed by atoms with Crippen molar-refractivity contribution in [3.8, 4) is 5.75 Å². The van der Waals surface area contributed by atoms with E-state index in [1.54, 1.807) is 13.0 Å². The number of aliphatic hydroxyl groups is 1. The van der Waals surface area contributed by atoms with Crippen molar-refractivity contribution in [1.29, 1.82) is 0 Å². The summed E-state index contributed by atoms with van der Waals surface area (Å²) in [6.07, 6.45) is 5.88. The molecule has 31 heavy (non-hydrogen) atoms. The first-order chi connectivity index (χ1) is 14.8. The fourth-order valence-corrected chi connectivity index (χ4v) is 5.92. The van der Waals surface area contributed by atoms with Crippen LogP contribution in [0.2, 0.25) is 0 Å². The number of rotatable bonds is 5. The van der Waals surface area contributed by atoms with Gasteiger partial charge in [0.25, 0.3) is 0 Å². The Labute approximate surface area is 182 Å². The summed E-state index contributed by atoms with van der Waals surface area (Å²) in [5.74, 6) is -2.55. The van der Waals surface area contributed by atoms with Crippen LogP contribution in [0.15, 0.2) is 28.9 Å². The molecule has 0 aromatic heterocycles. The Morgan fingerprint density at radius 2 is 1.84 bits per heavy atom. The molecule has 0 spiro atoms. The monoisotopic (exact) mass is 422 g/mol. The molecular weight excluding hydrogens is 392 g/mol. The standard InChI is InChI=1S/C26H30O5/c1-4-5-6-7-15-8-9-19(28)23-18(15)12-17-11-16-10-13(2)20(14(3)27)24(29)21(16)25(30)22(17)26(23)31/h8-9,16-17,21,28,31H,4-7,10-12H2,1-3H3/t16-,17-,21+/m1/s1. The highest BCUT2D eigenvalue weighted by Crippen LogP contribution is 2.50. The molecule has 0 unspecified atom stereocenters. The van der Waals surface area contributed by atoms with Crippen LogP contribution in [0.1, 0.15) is 69.6 Å². The van der Waals surface area contributed by atoms with Crippen LogP contribution in [0.3, 0.4) is 0 Å². The molecule has 0 radical (unpaired) electrons. The lowest BCUT2D eigenvalue weighted by Crippen LogP contribution is -2.45. The number of aliphatic hydroxyl groups excluding tert-OH is 1. The molecule has 0 bridgehead atoms. The van der Waals surface area contributed by atoms with Crippen LogP contribution < -0.4 is 0 Å². The van der Waals surface area contributed by atoms with Gasteiger partial charge in [-0.05, 0) is 75.0 Å². The molecular formula is C26H30O5. The smallest absolute Gasteiger partial charge is 0.177 e.